The van der Waals surface area contributed by atoms with E-state index in [1.54, 1.807) is 29.2 Å². The molecule has 1 N–H and O–H groups in total. The van der Waals surface area contributed by atoms with E-state index in [1.165, 1.54) is 12.1 Å². The highest BCUT2D eigenvalue weighted by atomic mass is 19.1. The number of anilines is 1. The minimum atomic E-state index is -0.599. The summed E-state index contributed by atoms with van der Waals surface area (Å²) >= 11 is 0. The lowest BCUT2D eigenvalue weighted by atomic mass is 10.0. The lowest BCUT2D eigenvalue weighted by Gasteiger charge is -2.23. The number of aromatic nitrogens is 2. The summed E-state index contributed by atoms with van der Waals surface area (Å²) in [5.41, 5.74) is 4.28. The number of aryl methyl sites for hydroxylation is 1. The number of hydrogen-bond donors (Lipinski definition) is 1. The van der Waals surface area contributed by atoms with Crippen LogP contribution in [0.2, 0.25) is 0 Å². The summed E-state index contributed by atoms with van der Waals surface area (Å²) in [6.45, 7) is 2.98. The van der Waals surface area contributed by atoms with Gasteiger partial charge >= 0.3 is 0 Å². The molecule has 6 nitrogen and oxygen atoms in total. The first-order valence-electron chi connectivity index (χ1n) is 12.0. The molecule has 2 heterocycles. The molecule has 3 aromatic carbocycles. The van der Waals surface area contributed by atoms with E-state index in [1.807, 2.05) is 60.1 Å². The van der Waals surface area contributed by atoms with Crippen molar-refractivity contribution in [2.75, 3.05) is 11.9 Å². The second kappa shape index (κ2) is 10.2. The SMILES string of the molecule is Cc1cc(C(=O)N2CCC[C@H]2C(=O)Nc2ccccc2-c2cccc(F)c2)nn1Cc1ccccc1. The maximum absolute atomic E-state index is 13.8. The van der Waals surface area contributed by atoms with Crippen LogP contribution in [0.15, 0.2) is 84.9 Å². The Labute approximate surface area is 209 Å². The number of nitrogens with one attached hydrogen (secondary N) is 1. The zero-order chi connectivity index (χ0) is 25.1. The first kappa shape index (κ1) is 23.5. The predicted molar refractivity (Wildman–Crippen MR) is 137 cm³/mol. The van der Waals surface area contributed by atoms with Crippen LogP contribution in [0.5, 0.6) is 0 Å². The fourth-order valence-electron chi connectivity index (χ4n) is 4.68. The van der Waals surface area contributed by atoms with Crippen molar-refractivity contribution in [3.8, 4) is 11.1 Å². The first-order valence-corrected chi connectivity index (χ1v) is 12.0. The average molecular weight is 483 g/mol. The Hall–Kier alpha value is -4.26. The van der Waals surface area contributed by atoms with Gasteiger partial charge in [-0.15, -0.1) is 0 Å². The molecule has 5 rings (SSSR count). The maximum atomic E-state index is 13.8. The van der Waals surface area contributed by atoms with E-state index in [4.69, 9.17) is 0 Å². The van der Waals surface area contributed by atoms with Gasteiger partial charge in [0.05, 0.1) is 6.54 Å². The van der Waals surface area contributed by atoms with Crippen molar-refractivity contribution in [1.82, 2.24) is 14.7 Å². The molecule has 0 unspecified atom stereocenters. The van der Waals surface area contributed by atoms with Crippen LogP contribution >= 0.6 is 0 Å². The highest BCUT2D eigenvalue weighted by molar-refractivity contribution is 6.02. The van der Waals surface area contributed by atoms with Gasteiger partial charge in [-0.05, 0) is 55.2 Å². The number of rotatable bonds is 6. The Morgan fingerprint density at radius 3 is 2.58 bits per heavy atom. The molecule has 36 heavy (non-hydrogen) atoms. The van der Waals surface area contributed by atoms with Crippen LogP contribution in [0.25, 0.3) is 11.1 Å². The number of likely N-dealkylation sites (tertiary alicyclic amines) is 1. The molecule has 2 amide bonds. The monoisotopic (exact) mass is 482 g/mol. The highest BCUT2D eigenvalue weighted by Gasteiger charge is 2.36. The van der Waals surface area contributed by atoms with Crippen LogP contribution in [0.3, 0.4) is 0 Å². The van der Waals surface area contributed by atoms with Crippen molar-refractivity contribution in [2.45, 2.75) is 32.4 Å². The Kier molecular flexibility index (Phi) is 6.62. The van der Waals surface area contributed by atoms with Gasteiger partial charge in [-0.25, -0.2) is 4.39 Å². The molecule has 0 saturated carbocycles. The van der Waals surface area contributed by atoms with E-state index in [9.17, 15) is 14.0 Å². The molecule has 4 aromatic rings. The van der Waals surface area contributed by atoms with Gasteiger partial charge in [-0.1, -0.05) is 60.7 Å². The molecule has 1 fully saturated rings. The fourth-order valence-corrected chi connectivity index (χ4v) is 4.68. The molecular formula is C29H27FN4O2. The molecule has 7 heteroatoms. The van der Waals surface area contributed by atoms with E-state index in [0.717, 1.165) is 23.2 Å². The van der Waals surface area contributed by atoms with Crippen LogP contribution in [0, 0.1) is 12.7 Å². The number of benzene rings is 3. The van der Waals surface area contributed by atoms with Crippen molar-refractivity contribution >= 4 is 17.5 Å². The molecular weight excluding hydrogens is 455 g/mol. The van der Waals surface area contributed by atoms with Gasteiger partial charge in [0.15, 0.2) is 5.69 Å². The summed E-state index contributed by atoms with van der Waals surface area (Å²) in [7, 11) is 0. The largest absolute Gasteiger partial charge is 0.325 e. The van der Waals surface area contributed by atoms with Crippen molar-refractivity contribution < 1.29 is 14.0 Å². The van der Waals surface area contributed by atoms with E-state index < -0.39 is 6.04 Å². The minimum absolute atomic E-state index is 0.249. The molecule has 0 bridgehead atoms. The molecule has 1 aliphatic heterocycles. The molecule has 0 radical (unpaired) electrons. The minimum Gasteiger partial charge on any atom is -0.325 e. The third kappa shape index (κ3) is 4.91. The van der Waals surface area contributed by atoms with E-state index in [-0.39, 0.29) is 17.6 Å². The second-order valence-electron chi connectivity index (χ2n) is 9.02. The zero-order valence-electron chi connectivity index (χ0n) is 20.0. The summed E-state index contributed by atoms with van der Waals surface area (Å²) in [4.78, 5) is 28.3. The number of hydrogen-bond acceptors (Lipinski definition) is 3. The van der Waals surface area contributed by atoms with Crippen LogP contribution in [-0.2, 0) is 11.3 Å². The molecule has 1 atom stereocenters. The number of amides is 2. The summed E-state index contributed by atoms with van der Waals surface area (Å²) in [6, 6.07) is 24.7. The number of nitrogens with zero attached hydrogens (tertiary/aromatic N) is 3. The van der Waals surface area contributed by atoms with Crippen LogP contribution < -0.4 is 5.32 Å². The van der Waals surface area contributed by atoms with E-state index in [0.29, 0.717) is 36.5 Å². The Balaban J connectivity index is 1.33. The zero-order valence-corrected chi connectivity index (χ0v) is 20.0. The lowest BCUT2D eigenvalue weighted by Crippen LogP contribution is -2.43. The highest BCUT2D eigenvalue weighted by Crippen LogP contribution is 2.29. The molecule has 1 aliphatic rings. The van der Waals surface area contributed by atoms with Gasteiger partial charge in [-0.2, -0.15) is 5.10 Å². The Bertz CT molecular complexity index is 1400. The standard InChI is InChI=1S/C29H27FN4O2/c1-20-17-26(32-34(20)19-21-9-3-2-4-10-21)29(36)33-16-8-15-27(33)28(35)31-25-14-6-5-13-24(25)22-11-7-12-23(30)18-22/h2-7,9-14,17-18,27H,8,15-16,19H2,1H3,(H,31,35)/t27-/m0/s1. The topological polar surface area (TPSA) is 67.2 Å². The molecule has 0 spiro atoms. The summed E-state index contributed by atoms with van der Waals surface area (Å²) in [5, 5.41) is 7.52. The van der Waals surface area contributed by atoms with Gasteiger partial charge in [0.25, 0.3) is 5.91 Å². The molecule has 1 aromatic heterocycles. The van der Waals surface area contributed by atoms with Crippen molar-refractivity contribution in [2.24, 2.45) is 0 Å². The van der Waals surface area contributed by atoms with Gasteiger partial charge in [0.2, 0.25) is 5.91 Å². The van der Waals surface area contributed by atoms with Gasteiger partial charge in [0.1, 0.15) is 11.9 Å². The third-order valence-corrected chi connectivity index (χ3v) is 6.51. The number of carbonyl (C=O) groups is 2. The summed E-state index contributed by atoms with van der Waals surface area (Å²) in [5.74, 6) is -0.852. The van der Waals surface area contributed by atoms with Crippen molar-refractivity contribution in [1.29, 1.82) is 0 Å². The summed E-state index contributed by atoms with van der Waals surface area (Å²) < 4.78 is 15.6. The first-order chi connectivity index (χ1) is 17.5. The quantitative estimate of drug-likeness (QED) is 0.406. The average Bonchev–Trinajstić information content (AvgIpc) is 3.52. The molecule has 0 aliphatic carbocycles. The third-order valence-electron chi connectivity index (χ3n) is 6.51. The maximum Gasteiger partial charge on any atom is 0.275 e. The lowest BCUT2D eigenvalue weighted by molar-refractivity contribution is -0.119. The second-order valence-corrected chi connectivity index (χ2v) is 9.02. The van der Waals surface area contributed by atoms with Crippen LogP contribution in [-0.4, -0.2) is 39.1 Å². The predicted octanol–water partition coefficient (Wildman–Crippen LogP) is 5.29. The fraction of sp³-hybridized carbons (Fsp3) is 0.207. The Morgan fingerprint density at radius 1 is 1.00 bits per heavy atom. The molecule has 1 saturated heterocycles. The van der Waals surface area contributed by atoms with Crippen LogP contribution in [0.4, 0.5) is 10.1 Å². The van der Waals surface area contributed by atoms with E-state index >= 15 is 0 Å². The molecule has 182 valence electrons. The van der Waals surface area contributed by atoms with Crippen molar-refractivity contribution in [3.05, 3.63) is 108 Å². The summed E-state index contributed by atoms with van der Waals surface area (Å²) in [6.07, 6.45) is 1.31. The van der Waals surface area contributed by atoms with Gasteiger partial charge in [0, 0.05) is 23.5 Å². The number of halogens is 1. The van der Waals surface area contributed by atoms with Gasteiger partial charge in [-0.3, -0.25) is 14.3 Å². The van der Waals surface area contributed by atoms with Crippen LogP contribution in [0.1, 0.15) is 34.6 Å². The number of carbonyl (C=O) groups excluding carboxylic acids is 2. The normalized spacial score (nSPS) is 15.2. The smallest absolute Gasteiger partial charge is 0.275 e. The number of para-hydroxylation sites is 1. The van der Waals surface area contributed by atoms with Gasteiger partial charge < -0.3 is 10.2 Å². The van der Waals surface area contributed by atoms with Crippen molar-refractivity contribution in [3.63, 3.8) is 0 Å². The Morgan fingerprint density at radius 2 is 1.78 bits per heavy atom. The van der Waals surface area contributed by atoms with E-state index in [2.05, 4.69) is 10.4 Å².